The Morgan fingerprint density at radius 3 is 2.19 bits per heavy atom. The fourth-order valence-corrected chi connectivity index (χ4v) is 4.58. The molecular weight excluding hydrogens is 484 g/mol. The first kappa shape index (κ1) is 26.2. The van der Waals surface area contributed by atoms with Gasteiger partial charge in [-0.15, -0.1) is 0 Å². The second-order valence-electron chi connectivity index (χ2n) is 9.94. The molecule has 0 aliphatic carbocycles. The van der Waals surface area contributed by atoms with Crippen LogP contribution in [-0.4, -0.2) is 47.4 Å². The number of carbonyl (C=O) groups excluding carboxylic acids is 1. The van der Waals surface area contributed by atoms with E-state index in [0.717, 1.165) is 17.2 Å². The standard InChI is InChI=1S/C28H32N4O4Si/c1-35-27(34)26(30-25(21-11-7-5-8-12-21)22-13-9-6-10-14-22)23-19-24(33)32-16-15-31(28(32)29-23)20-36-17-18-37(2,3)4/h5-16,19,26H,17-18,20H2,1-4H3. The maximum Gasteiger partial charge on any atom is 0.336 e. The molecular formula is C28H32N4O4Si. The molecule has 37 heavy (non-hydrogen) atoms. The van der Waals surface area contributed by atoms with Crippen molar-refractivity contribution in [3.63, 3.8) is 0 Å². The molecule has 8 nitrogen and oxygen atoms in total. The normalized spacial score (nSPS) is 12.3. The number of hydrogen-bond acceptors (Lipinski definition) is 6. The minimum Gasteiger partial charge on any atom is -0.467 e. The van der Waals surface area contributed by atoms with Gasteiger partial charge in [-0.25, -0.2) is 9.78 Å². The van der Waals surface area contributed by atoms with Crippen LogP contribution in [0, 0.1) is 0 Å². The Morgan fingerprint density at radius 1 is 1.00 bits per heavy atom. The van der Waals surface area contributed by atoms with Gasteiger partial charge in [-0.2, -0.15) is 0 Å². The molecule has 1 atom stereocenters. The van der Waals surface area contributed by atoms with E-state index in [1.54, 1.807) is 17.0 Å². The summed E-state index contributed by atoms with van der Waals surface area (Å²) >= 11 is 0. The third-order valence-electron chi connectivity index (χ3n) is 5.89. The van der Waals surface area contributed by atoms with Crippen molar-refractivity contribution >= 4 is 25.5 Å². The van der Waals surface area contributed by atoms with Crippen LogP contribution in [0.1, 0.15) is 22.9 Å². The van der Waals surface area contributed by atoms with Crippen molar-refractivity contribution < 1.29 is 14.3 Å². The average Bonchev–Trinajstić information content (AvgIpc) is 3.31. The monoisotopic (exact) mass is 516 g/mol. The summed E-state index contributed by atoms with van der Waals surface area (Å²) in [6, 6.07) is 20.4. The van der Waals surface area contributed by atoms with E-state index in [0.29, 0.717) is 18.1 Å². The summed E-state index contributed by atoms with van der Waals surface area (Å²) in [4.78, 5) is 35.5. The van der Waals surface area contributed by atoms with Crippen LogP contribution in [0.3, 0.4) is 0 Å². The number of imidazole rings is 1. The molecule has 0 aliphatic heterocycles. The van der Waals surface area contributed by atoms with Crippen molar-refractivity contribution in [2.24, 2.45) is 4.99 Å². The van der Waals surface area contributed by atoms with E-state index in [1.165, 1.54) is 17.6 Å². The van der Waals surface area contributed by atoms with Gasteiger partial charge in [0.25, 0.3) is 5.56 Å². The molecule has 0 amide bonds. The summed E-state index contributed by atoms with van der Waals surface area (Å²) in [5.74, 6) is -0.231. The molecule has 192 valence electrons. The molecule has 1 unspecified atom stereocenters. The van der Waals surface area contributed by atoms with Crippen LogP contribution >= 0.6 is 0 Å². The lowest BCUT2D eigenvalue weighted by Gasteiger charge is -2.16. The van der Waals surface area contributed by atoms with E-state index in [2.05, 4.69) is 24.6 Å². The quantitative estimate of drug-likeness (QED) is 0.133. The number of carbonyl (C=O) groups is 1. The molecule has 2 aromatic heterocycles. The van der Waals surface area contributed by atoms with Gasteiger partial charge in [0.1, 0.15) is 6.73 Å². The van der Waals surface area contributed by atoms with E-state index in [4.69, 9.17) is 14.5 Å². The fourth-order valence-electron chi connectivity index (χ4n) is 3.82. The van der Waals surface area contributed by atoms with Gasteiger partial charge in [0, 0.05) is 44.3 Å². The number of hydrogen-bond donors (Lipinski definition) is 0. The molecule has 0 radical (unpaired) electrons. The van der Waals surface area contributed by atoms with Gasteiger partial charge in [0.15, 0.2) is 6.04 Å². The summed E-state index contributed by atoms with van der Waals surface area (Å²) in [7, 11) is 0.0759. The van der Waals surface area contributed by atoms with Crippen LogP contribution in [-0.2, 0) is 21.0 Å². The highest BCUT2D eigenvalue weighted by Gasteiger charge is 2.26. The summed E-state index contributed by atoms with van der Waals surface area (Å²) in [5.41, 5.74) is 2.16. The molecule has 2 aromatic carbocycles. The summed E-state index contributed by atoms with van der Waals surface area (Å²) in [6.07, 6.45) is 3.39. The molecule has 0 spiro atoms. The van der Waals surface area contributed by atoms with Crippen molar-refractivity contribution in [2.45, 2.75) is 38.5 Å². The summed E-state index contributed by atoms with van der Waals surface area (Å²) < 4.78 is 14.1. The van der Waals surface area contributed by atoms with Crippen molar-refractivity contribution in [2.75, 3.05) is 13.7 Å². The maximum atomic E-state index is 13.0. The number of esters is 1. The third kappa shape index (κ3) is 6.49. The largest absolute Gasteiger partial charge is 0.467 e. The van der Waals surface area contributed by atoms with E-state index in [1.807, 2.05) is 60.7 Å². The van der Waals surface area contributed by atoms with E-state index in [-0.39, 0.29) is 18.0 Å². The minimum atomic E-state index is -1.23. The van der Waals surface area contributed by atoms with Gasteiger partial charge in [-0.1, -0.05) is 80.3 Å². The SMILES string of the molecule is COC(=O)C(N=C(c1ccccc1)c1ccccc1)c1cc(=O)n2ccn(COCC[Si](C)(C)C)c2n1. The molecule has 9 heteroatoms. The first-order valence-electron chi connectivity index (χ1n) is 12.2. The van der Waals surface area contributed by atoms with Crippen molar-refractivity contribution in [1.82, 2.24) is 14.0 Å². The van der Waals surface area contributed by atoms with E-state index < -0.39 is 20.1 Å². The Hall–Kier alpha value is -3.82. The molecule has 0 aliphatic rings. The lowest BCUT2D eigenvalue weighted by molar-refractivity contribution is -0.142. The highest BCUT2D eigenvalue weighted by molar-refractivity contribution is 6.76. The van der Waals surface area contributed by atoms with Gasteiger partial charge in [0.2, 0.25) is 5.78 Å². The highest BCUT2D eigenvalue weighted by atomic mass is 28.3. The second-order valence-corrected chi connectivity index (χ2v) is 15.6. The predicted octanol–water partition coefficient (Wildman–Crippen LogP) is 4.56. The number of methoxy groups -OCH3 is 1. The van der Waals surface area contributed by atoms with Gasteiger partial charge in [-0.05, 0) is 6.04 Å². The number of aliphatic imine (C=N–C) groups is 1. The topological polar surface area (TPSA) is 87.2 Å². The number of fused-ring (bicyclic) bond motifs is 1. The third-order valence-corrected chi connectivity index (χ3v) is 7.59. The van der Waals surface area contributed by atoms with E-state index in [9.17, 15) is 9.59 Å². The smallest absolute Gasteiger partial charge is 0.336 e. The van der Waals surface area contributed by atoms with E-state index >= 15 is 0 Å². The van der Waals surface area contributed by atoms with Crippen molar-refractivity contribution in [3.05, 3.63) is 106 Å². The Bertz CT molecular complexity index is 1400. The Kier molecular flexibility index (Phi) is 8.15. The van der Waals surface area contributed by atoms with Gasteiger partial charge in [0.05, 0.1) is 18.5 Å². The number of rotatable bonds is 10. The predicted molar refractivity (Wildman–Crippen MR) is 147 cm³/mol. The van der Waals surface area contributed by atoms with Crippen molar-refractivity contribution in [3.8, 4) is 0 Å². The fraction of sp³-hybridized carbons (Fsp3) is 0.286. The van der Waals surface area contributed by atoms with Crippen LogP contribution < -0.4 is 5.56 Å². The molecule has 2 heterocycles. The summed E-state index contributed by atoms with van der Waals surface area (Å²) in [5, 5.41) is 0. The Morgan fingerprint density at radius 2 is 1.62 bits per heavy atom. The van der Waals surface area contributed by atoms with Crippen LogP contribution in [0.15, 0.2) is 88.9 Å². The Balaban J connectivity index is 1.76. The molecule has 4 rings (SSSR count). The molecule has 0 saturated heterocycles. The average molecular weight is 517 g/mol. The van der Waals surface area contributed by atoms with Crippen molar-refractivity contribution in [1.29, 1.82) is 0 Å². The lowest BCUT2D eigenvalue weighted by atomic mass is 10.0. The number of ether oxygens (including phenoxy) is 2. The maximum absolute atomic E-state index is 13.0. The number of benzene rings is 2. The zero-order chi connectivity index (χ0) is 26.4. The van der Waals surface area contributed by atoms with Crippen LogP contribution in [0.4, 0.5) is 0 Å². The van der Waals surface area contributed by atoms with Crippen LogP contribution in [0.2, 0.25) is 25.7 Å². The minimum absolute atomic E-state index is 0.211. The lowest BCUT2D eigenvalue weighted by Crippen LogP contribution is -2.23. The van der Waals surface area contributed by atoms with Gasteiger partial charge >= 0.3 is 5.97 Å². The first-order chi connectivity index (χ1) is 17.8. The molecule has 0 saturated carbocycles. The zero-order valence-electron chi connectivity index (χ0n) is 21.6. The molecule has 0 N–H and O–H groups in total. The highest BCUT2D eigenvalue weighted by Crippen LogP contribution is 2.21. The van der Waals surface area contributed by atoms with Gasteiger partial charge in [-0.3, -0.25) is 18.8 Å². The summed E-state index contributed by atoms with van der Waals surface area (Å²) in [6.45, 7) is 7.77. The zero-order valence-corrected chi connectivity index (χ0v) is 22.6. The Labute approximate surface area is 217 Å². The van der Waals surface area contributed by atoms with Crippen LogP contribution in [0.25, 0.3) is 5.78 Å². The first-order valence-corrected chi connectivity index (χ1v) is 15.9. The molecule has 0 bridgehead atoms. The number of nitrogens with zero attached hydrogens (tertiary/aromatic N) is 4. The van der Waals surface area contributed by atoms with Gasteiger partial charge < -0.3 is 9.47 Å². The van der Waals surface area contributed by atoms with Crippen LogP contribution in [0.5, 0.6) is 0 Å². The molecule has 0 fully saturated rings. The molecule has 4 aromatic rings. The second kappa shape index (κ2) is 11.5. The number of aromatic nitrogens is 3.